The fourth-order valence-electron chi connectivity index (χ4n) is 1.05. The molecule has 1 heterocycles. The van der Waals surface area contributed by atoms with Crippen molar-refractivity contribution in [1.29, 1.82) is 0 Å². The van der Waals surface area contributed by atoms with Gasteiger partial charge in [0.15, 0.2) is 0 Å². The molecule has 0 aliphatic carbocycles. The molecule has 0 aromatic carbocycles. The number of aromatic nitrogens is 2. The van der Waals surface area contributed by atoms with Crippen molar-refractivity contribution in [2.75, 3.05) is 7.11 Å². The van der Waals surface area contributed by atoms with Gasteiger partial charge in [-0.2, -0.15) is 0 Å². The summed E-state index contributed by atoms with van der Waals surface area (Å²) >= 11 is 0. The fourth-order valence-corrected chi connectivity index (χ4v) is 1.05. The van der Waals surface area contributed by atoms with E-state index in [1.54, 1.807) is 19.5 Å². The second kappa shape index (κ2) is 8.08. The van der Waals surface area contributed by atoms with Crippen molar-refractivity contribution in [3.05, 3.63) is 18.1 Å². The summed E-state index contributed by atoms with van der Waals surface area (Å²) in [6, 6.07) is 0. The average molecular weight is 224 g/mol. The van der Waals surface area contributed by atoms with E-state index in [0.29, 0.717) is 11.8 Å². The molecule has 0 unspecified atom stereocenters. The van der Waals surface area contributed by atoms with E-state index in [0.717, 1.165) is 18.0 Å². The zero-order valence-electron chi connectivity index (χ0n) is 11.3. The van der Waals surface area contributed by atoms with Gasteiger partial charge in [0, 0.05) is 12.4 Å². The normalized spacial score (nSPS) is 10.0. The molecule has 0 aliphatic rings. The van der Waals surface area contributed by atoms with E-state index in [-0.39, 0.29) is 0 Å². The molecule has 0 saturated carbocycles. The average Bonchev–Trinajstić information content (AvgIpc) is 2.17. The number of nitrogens with zero attached hydrogens (tertiary/aromatic N) is 2. The molecule has 1 aromatic rings. The predicted octanol–water partition coefficient (Wildman–Crippen LogP) is 3.35. The van der Waals surface area contributed by atoms with Crippen molar-refractivity contribution in [3.63, 3.8) is 0 Å². The summed E-state index contributed by atoms with van der Waals surface area (Å²) in [5.74, 6) is 2.06. The van der Waals surface area contributed by atoms with Gasteiger partial charge in [-0.3, -0.25) is 4.98 Å². The molecule has 3 nitrogen and oxygen atoms in total. The molecule has 0 atom stereocenters. The molecule has 1 rings (SSSR count). The quantitative estimate of drug-likeness (QED) is 0.789. The lowest BCUT2D eigenvalue weighted by Crippen LogP contribution is -2.01. The SMILES string of the molecule is CC(C)C.COc1nccnc1CC(C)C. The van der Waals surface area contributed by atoms with Crippen LogP contribution in [0.5, 0.6) is 5.88 Å². The van der Waals surface area contributed by atoms with Crippen LogP contribution in [0.4, 0.5) is 0 Å². The Morgan fingerprint density at radius 3 is 2.00 bits per heavy atom. The van der Waals surface area contributed by atoms with Gasteiger partial charge in [-0.1, -0.05) is 34.6 Å². The Morgan fingerprint density at radius 2 is 1.56 bits per heavy atom. The van der Waals surface area contributed by atoms with Crippen LogP contribution >= 0.6 is 0 Å². The monoisotopic (exact) mass is 224 g/mol. The minimum atomic E-state index is 0.579. The number of methoxy groups -OCH3 is 1. The Labute approximate surface area is 99.3 Å². The maximum Gasteiger partial charge on any atom is 0.235 e. The predicted molar refractivity (Wildman–Crippen MR) is 67.6 cm³/mol. The van der Waals surface area contributed by atoms with Crippen molar-refractivity contribution in [3.8, 4) is 5.88 Å². The van der Waals surface area contributed by atoms with Crippen molar-refractivity contribution >= 4 is 0 Å². The standard InChI is InChI=1S/C9H14N2O.C4H10/c1-7(2)6-8-9(12-3)11-5-4-10-8;1-4(2)3/h4-5,7H,6H2,1-3H3;4H,1-3H3. The Kier molecular flexibility index (Phi) is 7.52. The van der Waals surface area contributed by atoms with Gasteiger partial charge in [-0.05, 0) is 18.3 Å². The highest BCUT2D eigenvalue weighted by Crippen LogP contribution is 2.14. The van der Waals surface area contributed by atoms with Crippen molar-refractivity contribution in [1.82, 2.24) is 9.97 Å². The molecule has 0 saturated heterocycles. The second-order valence-electron chi connectivity index (χ2n) is 4.84. The number of rotatable bonds is 3. The van der Waals surface area contributed by atoms with Crippen LogP contribution in [-0.4, -0.2) is 17.1 Å². The summed E-state index contributed by atoms with van der Waals surface area (Å²) in [4.78, 5) is 8.27. The molecule has 92 valence electrons. The van der Waals surface area contributed by atoms with Gasteiger partial charge in [-0.15, -0.1) is 0 Å². The minimum Gasteiger partial charge on any atom is -0.480 e. The Bertz CT molecular complexity index is 282. The van der Waals surface area contributed by atoms with E-state index in [1.165, 1.54) is 0 Å². The zero-order chi connectivity index (χ0) is 12.6. The van der Waals surface area contributed by atoms with Gasteiger partial charge < -0.3 is 4.74 Å². The lowest BCUT2D eigenvalue weighted by atomic mass is 10.1. The first-order valence-electron chi connectivity index (χ1n) is 5.81. The third-order valence-electron chi connectivity index (χ3n) is 1.53. The van der Waals surface area contributed by atoms with Crippen LogP contribution in [0.15, 0.2) is 12.4 Å². The topological polar surface area (TPSA) is 35.0 Å². The van der Waals surface area contributed by atoms with E-state index >= 15 is 0 Å². The number of hydrogen-bond donors (Lipinski definition) is 0. The molecule has 0 bridgehead atoms. The Morgan fingerprint density at radius 1 is 1.06 bits per heavy atom. The summed E-state index contributed by atoms with van der Waals surface area (Å²) in [5.41, 5.74) is 0.940. The van der Waals surface area contributed by atoms with Crippen molar-refractivity contribution in [2.24, 2.45) is 11.8 Å². The highest BCUT2D eigenvalue weighted by atomic mass is 16.5. The lowest BCUT2D eigenvalue weighted by molar-refractivity contribution is 0.386. The highest BCUT2D eigenvalue weighted by molar-refractivity contribution is 5.17. The first kappa shape index (κ1) is 14.9. The smallest absolute Gasteiger partial charge is 0.235 e. The number of hydrogen-bond acceptors (Lipinski definition) is 3. The third kappa shape index (κ3) is 7.21. The molecule has 1 aromatic heterocycles. The minimum absolute atomic E-state index is 0.579. The van der Waals surface area contributed by atoms with Crippen LogP contribution in [-0.2, 0) is 6.42 Å². The van der Waals surface area contributed by atoms with Crippen LogP contribution in [0, 0.1) is 11.8 Å². The van der Waals surface area contributed by atoms with E-state index in [2.05, 4.69) is 44.6 Å². The molecule has 0 N–H and O–H groups in total. The van der Waals surface area contributed by atoms with Gasteiger partial charge in [-0.25, -0.2) is 4.98 Å². The summed E-state index contributed by atoms with van der Waals surface area (Å²) in [7, 11) is 1.62. The van der Waals surface area contributed by atoms with Gasteiger partial charge in [0.05, 0.1) is 7.11 Å². The van der Waals surface area contributed by atoms with Crippen LogP contribution in [0.2, 0.25) is 0 Å². The van der Waals surface area contributed by atoms with Gasteiger partial charge in [0.1, 0.15) is 5.69 Å². The lowest BCUT2D eigenvalue weighted by Gasteiger charge is -2.06. The van der Waals surface area contributed by atoms with Gasteiger partial charge in [0.25, 0.3) is 0 Å². The maximum absolute atomic E-state index is 5.07. The van der Waals surface area contributed by atoms with Crippen molar-refractivity contribution in [2.45, 2.75) is 41.0 Å². The molecule has 0 fully saturated rings. The van der Waals surface area contributed by atoms with Gasteiger partial charge >= 0.3 is 0 Å². The molecule has 0 aliphatic heterocycles. The summed E-state index contributed by atoms with van der Waals surface area (Å²) in [6.45, 7) is 10.8. The molecule has 16 heavy (non-hydrogen) atoms. The summed E-state index contributed by atoms with van der Waals surface area (Å²) < 4.78 is 5.07. The second-order valence-corrected chi connectivity index (χ2v) is 4.84. The first-order chi connectivity index (χ1) is 7.47. The largest absolute Gasteiger partial charge is 0.480 e. The Hall–Kier alpha value is -1.12. The summed E-state index contributed by atoms with van der Waals surface area (Å²) in [6.07, 6.45) is 4.25. The van der Waals surface area contributed by atoms with Crippen molar-refractivity contribution < 1.29 is 4.74 Å². The molecular formula is C13H24N2O. The van der Waals surface area contributed by atoms with Gasteiger partial charge in [0.2, 0.25) is 5.88 Å². The molecule has 0 spiro atoms. The molecule has 0 amide bonds. The van der Waals surface area contributed by atoms with Crippen LogP contribution < -0.4 is 4.74 Å². The van der Waals surface area contributed by atoms with Crippen LogP contribution in [0.3, 0.4) is 0 Å². The Balaban J connectivity index is 0.000000487. The van der Waals surface area contributed by atoms with Crippen LogP contribution in [0.25, 0.3) is 0 Å². The molecular weight excluding hydrogens is 200 g/mol. The molecule has 3 heteroatoms. The third-order valence-corrected chi connectivity index (χ3v) is 1.53. The maximum atomic E-state index is 5.07. The van der Waals surface area contributed by atoms with E-state index in [1.807, 2.05) is 0 Å². The zero-order valence-corrected chi connectivity index (χ0v) is 11.3. The van der Waals surface area contributed by atoms with E-state index in [4.69, 9.17) is 4.74 Å². The number of ether oxygens (including phenoxy) is 1. The summed E-state index contributed by atoms with van der Waals surface area (Å²) in [5, 5.41) is 0. The first-order valence-corrected chi connectivity index (χ1v) is 5.81. The van der Waals surface area contributed by atoms with E-state index < -0.39 is 0 Å². The molecule has 0 radical (unpaired) electrons. The highest BCUT2D eigenvalue weighted by Gasteiger charge is 2.06. The van der Waals surface area contributed by atoms with E-state index in [9.17, 15) is 0 Å². The van der Waals surface area contributed by atoms with Crippen LogP contribution in [0.1, 0.15) is 40.3 Å². The fraction of sp³-hybridized carbons (Fsp3) is 0.692.